The summed E-state index contributed by atoms with van der Waals surface area (Å²) in [7, 11) is 0. The summed E-state index contributed by atoms with van der Waals surface area (Å²) in [4.78, 5) is 25.6. The lowest BCUT2D eigenvalue weighted by Crippen LogP contribution is -2.19. The van der Waals surface area contributed by atoms with Crippen molar-refractivity contribution in [3.63, 3.8) is 0 Å². The van der Waals surface area contributed by atoms with Crippen LogP contribution in [0.2, 0.25) is 4.34 Å². The lowest BCUT2D eigenvalue weighted by molar-refractivity contribution is 0.0524. The van der Waals surface area contributed by atoms with E-state index in [1.165, 1.54) is 17.4 Å². The fraction of sp³-hybridized carbons (Fsp3) is 0.200. The highest BCUT2D eigenvalue weighted by molar-refractivity contribution is 7.22. The lowest BCUT2D eigenvalue weighted by Gasteiger charge is -2.00. The quantitative estimate of drug-likeness (QED) is 0.841. The van der Waals surface area contributed by atoms with E-state index in [1.807, 2.05) is 0 Å². The van der Waals surface area contributed by atoms with Crippen LogP contribution in [0.4, 0.5) is 0 Å². The molecule has 2 aromatic heterocycles. The molecule has 0 saturated heterocycles. The Balaban J connectivity index is 2.57. The molecule has 2 heterocycles. The summed E-state index contributed by atoms with van der Waals surface area (Å²) >= 11 is 7.11. The lowest BCUT2D eigenvalue weighted by atomic mass is 10.2. The number of thiophene rings is 1. The fourth-order valence-corrected chi connectivity index (χ4v) is 2.47. The van der Waals surface area contributed by atoms with E-state index in [-0.39, 0.29) is 12.2 Å². The second kappa shape index (κ2) is 4.27. The molecule has 0 radical (unpaired) electrons. The Morgan fingerprint density at radius 1 is 1.56 bits per heavy atom. The summed E-state index contributed by atoms with van der Waals surface area (Å²) in [6.07, 6.45) is 0. The number of carbonyl (C=O) groups is 1. The minimum atomic E-state index is -0.616. The zero-order valence-electron chi connectivity index (χ0n) is 8.37. The van der Waals surface area contributed by atoms with Crippen molar-refractivity contribution in [3.05, 3.63) is 32.4 Å². The zero-order chi connectivity index (χ0) is 11.7. The molecule has 0 aromatic carbocycles. The number of esters is 1. The number of aromatic amines is 1. The molecule has 0 atom stereocenters. The molecule has 0 aliphatic rings. The van der Waals surface area contributed by atoms with Gasteiger partial charge in [0.15, 0.2) is 0 Å². The van der Waals surface area contributed by atoms with E-state index in [0.29, 0.717) is 9.85 Å². The Bertz CT molecular complexity index is 602. The maximum absolute atomic E-state index is 11.6. The van der Waals surface area contributed by atoms with E-state index in [9.17, 15) is 9.59 Å². The Hall–Kier alpha value is -1.33. The first-order valence-electron chi connectivity index (χ1n) is 4.61. The monoisotopic (exact) mass is 257 g/mol. The van der Waals surface area contributed by atoms with Crippen molar-refractivity contribution < 1.29 is 9.53 Å². The van der Waals surface area contributed by atoms with Gasteiger partial charge >= 0.3 is 5.97 Å². The number of aromatic nitrogens is 1. The van der Waals surface area contributed by atoms with Gasteiger partial charge in [0.1, 0.15) is 5.56 Å². The van der Waals surface area contributed by atoms with Crippen molar-refractivity contribution >= 4 is 39.1 Å². The third kappa shape index (κ3) is 1.96. The van der Waals surface area contributed by atoms with Crippen LogP contribution in [0.1, 0.15) is 17.3 Å². The number of pyridine rings is 1. The minimum absolute atomic E-state index is 0.00728. The van der Waals surface area contributed by atoms with Crippen LogP contribution >= 0.6 is 22.9 Å². The van der Waals surface area contributed by atoms with Gasteiger partial charge in [-0.1, -0.05) is 11.6 Å². The molecular weight excluding hydrogens is 250 g/mol. The molecule has 0 unspecified atom stereocenters. The normalized spacial score (nSPS) is 10.6. The van der Waals surface area contributed by atoms with Crippen molar-refractivity contribution in [2.75, 3.05) is 6.61 Å². The molecule has 84 valence electrons. The highest BCUT2D eigenvalue weighted by atomic mass is 35.5. The summed E-state index contributed by atoms with van der Waals surface area (Å²) < 4.78 is 6.10. The summed E-state index contributed by atoms with van der Waals surface area (Å²) in [6, 6.07) is 3.15. The Kier molecular flexibility index (Phi) is 2.98. The van der Waals surface area contributed by atoms with Crippen LogP contribution in [0.25, 0.3) is 10.2 Å². The maximum Gasteiger partial charge on any atom is 0.343 e. The van der Waals surface area contributed by atoms with Gasteiger partial charge in [-0.05, 0) is 19.1 Å². The highest BCUT2D eigenvalue weighted by Crippen LogP contribution is 2.27. The number of carbonyl (C=O) groups excluding carboxylic acids is 1. The van der Waals surface area contributed by atoms with Crippen molar-refractivity contribution in [1.82, 2.24) is 4.98 Å². The number of fused-ring (bicyclic) bond motifs is 1. The molecule has 0 fully saturated rings. The number of nitrogens with one attached hydrogen (secondary N) is 1. The summed E-state index contributed by atoms with van der Waals surface area (Å²) in [5.74, 6) is -0.616. The first-order chi connectivity index (χ1) is 7.61. The number of hydrogen-bond donors (Lipinski definition) is 1. The van der Waals surface area contributed by atoms with Crippen molar-refractivity contribution in [1.29, 1.82) is 0 Å². The minimum Gasteiger partial charge on any atom is -0.462 e. The number of hydrogen-bond acceptors (Lipinski definition) is 4. The molecule has 1 N–H and O–H groups in total. The SMILES string of the molecule is CCOC(=O)c1cc2sc(Cl)cc2[nH]c1=O. The van der Waals surface area contributed by atoms with E-state index in [4.69, 9.17) is 16.3 Å². The Morgan fingerprint density at radius 2 is 2.31 bits per heavy atom. The zero-order valence-corrected chi connectivity index (χ0v) is 9.95. The summed E-state index contributed by atoms with van der Waals surface area (Å²) in [5, 5.41) is 0. The van der Waals surface area contributed by atoms with E-state index in [0.717, 1.165) is 4.70 Å². The topological polar surface area (TPSA) is 59.2 Å². The van der Waals surface area contributed by atoms with Gasteiger partial charge in [0.2, 0.25) is 0 Å². The van der Waals surface area contributed by atoms with E-state index >= 15 is 0 Å². The Labute approximate surface area is 99.8 Å². The predicted octanol–water partition coefficient (Wildman–Crippen LogP) is 2.42. The number of H-pyrrole nitrogens is 1. The smallest absolute Gasteiger partial charge is 0.343 e. The first-order valence-corrected chi connectivity index (χ1v) is 5.80. The average Bonchev–Trinajstić information content (AvgIpc) is 2.56. The van der Waals surface area contributed by atoms with Crippen LogP contribution in [0, 0.1) is 0 Å². The molecular formula is C10H8ClNO3S. The average molecular weight is 258 g/mol. The van der Waals surface area contributed by atoms with Gasteiger partial charge in [-0.2, -0.15) is 0 Å². The van der Waals surface area contributed by atoms with Gasteiger partial charge in [-0.3, -0.25) is 4.79 Å². The van der Waals surface area contributed by atoms with E-state index < -0.39 is 11.5 Å². The predicted molar refractivity (Wildman–Crippen MR) is 63.4 cm³/mol. The molecule has 0 saturated carbocycles. The van der Waals surface area contributed by atoms with Gasteiger partial charge in [0.25, 0.3) is 5.56 Å². The van der Waals surface area contributed by atoms with Crippen LogP contribution < -0.4 is 5.56 Å². The van der Waals surface area contributed by atoms with Crippen LogP contribution in [-0.4, -0.2) is 17.6 Å². The molecule has 16 heavy (non-hydrogen) atoms. The molecule has 0 aliphatic carbocycles. The van der Waals surface area contributed by atoms with Gasteiger partial charge in [-0.25, -0.2) is 4.79 Å². The van der Waals surface area contributed by atoms with Crippen molar-refractivity contribution in [2.45, 2.75) is 6.92 Å². The van der Waals surface area contributed by atoms with Gasteiger partial charge in [0, 0.05) is 0 Å². The first kappa shape index (κ1) is 11.2. The van der Waals surface area contributed by atoms with E-state index in [2.05, 4.69) is 4.98 Å². The van der Waals surface area contributed by atoms with Crippen LogP contribution in [0.15, 0.2) is 16.9 Å². The molecule has 0 bridgehead atoms. The Morgan fingerprint density at radius 3 is 3.00 bits per heavy atom. The van der Waals surface area contributed by atoms with Crippen LogP contribution in [-0.2, 0) is 4.74 Å². The molecule has 4 nitrogen and oxygen atoms in total. The molecule has 0 aliphatic heterocycles. The third-order valence-electron chi connectivity index (χ3n) is 1.99. The summed E-state index contributed by atoms with van der Waals surface area (Å²) in [5.41, 5.74) is 0.182. The molecule has 6 heteroatoms. The molecule has 2 rings (SSSR count). The van der Waals surface area contributed by atoms with Crippen molar-refractivity contribution in [2.24, 2.45) is 0 Å². The second-order valence-corrected chi connectivity index (χ2v) is 4.78. The standard InChI is InChI=1S/C10H8ClNO3S/c1-2-15-10(14)5-3-7-6(12-9(5)13)4-8(11)16-7/h3-4H,2H2,1H3,(H,12,13). The van der Waals surface area contributed by atoms with Gasteiger partial charge < -0.3 is 9.72 Å². The number of halogens is 1. The van der Waals surface area contributed by atoms with Gasteiger partial charge in [-0.15, -0.1) is 11.3 Å². The molecule has 0 amide bonds. The highest BCUT2D eigenvalue weighted by Gasteiger charge is 2.13. The van der Waals surface area contributed by atoms with E-state index in [1.54, 1.807) is 13.0 Å². The largest absolute Gasteiger partial charge is 0.462 e. The molecule has 0 spiro atoms. The van der Waals surface area contributed by atoms with Gasteiger partial charge in [0.05, 0.1) is 21.2 Å². The fourth-order valence-electron chi connectivity index (χ4n) is 1.33. The number of ether oxygens (including phenoxy) is 1. The van der Waals surface area contributed by atoms with Crippen molar-refractivity contribution in [3.8, 4) is 0 Å². The molecule has 2 aromatic rings. The second-order valence-electron chi connectivity index (χ2n) is 3.06. The van der Waals surface area contributed by atoms with Crippen LogP contribution in [0.5, 0.6) is 0 Å². The maximum atomic E-state index is 11.6. The third-order valence-corrected chi connectivity index (χ3v) is 3.21. The summed E-state index contributed by atoms with van der Waals surface area (Å²) in [6.45, 7) is 1.92. The number of rotatable bonds is 2. The van der Waals surface area contributed by atoms with Crippen LogP contribution in [0.3, 0.4) is 0 Å².